The van der Waals surface area contributed by atoms with Crippen LogP contribution < -0.4 is 5.32 Å². The van der Waals surface area contributed by atoms with E-state index in [0.717, 1.165) is 96.1 Å². The van der Waals surface area contributed by atoms with Crippen molar-refractivity contribution >= 4 is 18.0 Å². The number of urea groups is 1. The molecule has 4 aromatic rings. The average molecular weight is 737 g/mol. The summed E-state index contributed by atoms with van der Waals surface area (Å²) in [5, 5.41) is 2.75. The number of hydrogen-bond acceptors (Lipinski definition) is 8. The van der Waals surface area contributed by atoms with E-state index < -0.39 is 12.1 Å². The zero-order valence-corrected chi connectivity index (χ0v) is 30.7. The highest BCUT2D eigenvalue weighted by atomic mass is 16.5. The number of methoxy groups -OCH3 is 1. The molecular formula is C40H48N8O6. The number of rotatable bonds is 5. The molecule has 14 heteroatoms. The van der Waals surface area contributed by atoms with Gasteiger partial charge in [-0.25, -0.2) is 19.6 Å². The van der Waals surface area contributed by atoms with Crippen molar-refractivity contribution in [2.45, 2.75) is 69.7 Å². The fourth-order valence-electron chi connectivity index (χ4n) is 8.16. The predicted octanol–water partition coefficient (Wildman–Crippen LogP) is 5.81. The van der Waals surface area contributed by atoms with E-state index in [9.17, 15) is 14.4 Å². The SMILES string of the molecule is COC(=O)N[C@H]1CCCCOCc2[nH]c(nc2-c2ccc(-c3ccc(-c4cnc([C@@H]5CCCN5C(=O)N5CCOCC5)[nH]4)cc3)cc2)[C@@H]2CCCN2C1=O. The summed E-state index contributed by atoms with van der Waals surface area (Å²) in [5.41, 5.74) is 6.77. The first-order valence-electron chi connectivity index (χ1n) is 19.2. The number of aromatic nitrogens is 4. The Hall–Kier alpha value is -5.21. The minimum absolute atomic E-state index is 0.0577. The van der Waals surface area contributed by atoms with Crippen LogP contribution in [0.5, 0.6) is 0 Å². The Balaban J connectivity index is 0.971. The van der Waals surface area contributed by atoms with Gasteiger partial charge in [-0.1, -0.05) is 48.5 Å². The van der Waals surface area contributed by atoms with Crippen LogP contribution in [0.25, 0.3) is 33.6 Å². The summed E-state index contributed by atoms with van der Waals surface area (Å²) < 4.78 is 16.3. The number of ether oxygens (including phenoxy) is 3. The number of morpholine rings is 1. The molecular weight excluding hydrogens is 688 g/mol. The van der Waals surface area contributed by atoms with Gasteiger partial charge in [-0.05, 0) is 61.6 Å². The summed E-state index contributed by atoms with van der Waals surface area (Å²) in [6.45, 7) is 4.68. The Bertz CT molecular complexity index is 1940. The molecule has 4 aliphatic rings. The third-order valence-corrected chi connectivity index (χ3v) is 11.1. The molecule has 3 atom stereocenters. The number of carbonyl (C=O) groups excluding carboxylic acids is 3. The zero-order valence-electron chi connectivity index (χ0n) is 30.7. The normalized spacial score (nSPS) is 22.3. The highest BCUT2D eigenvalue weighted by molar-refractivity contribution is 5.86. The van der Waals surface area contributed by atoms with E-state index in [-0.39, 0.29) is 24.0 Å². The average Bonchev–Trinajstić information content (AvgIpc) is 4.05. The molecule has 284 valence electrons. The number of hydrogen-bond donors (Lipinski definition) is 3. The van der Waals surface area contributed by atoms with E-state index in [4.69, 9.17) is 24.2 Å². The molecule has 0 spiro atoms. The fraction of sp³-hybridized carbons (Fsp3) is 0.475. The zero-order chi connectivity index (χ0) is 37.0. The van der Waals surface area contributed by atoms with Gasteiger partial charge in [-0.15, -0.1) is 0 Å². The van der Waals surface area contributed by atoms with Gasteiger partial charge in [0.15, 0.2) is 0 Å². The van der Waals surface area contributed by atoms with Crippen molar-refractivity contribution in [3.8, 4) is 33.6 Å². The summed E-state index contributed by atoms with van der Waals surface area (Å²) in [5.74, 6) is 1.45. The predicted molar refractivity (Wildman–Crippen MR) is 200 cm³/mol. The van der Waals surface area contributed by atoms with Crippen LogP contribution in [0.1, 0.15) is 74.4 Å². The second-order valence-electron chi connectivity index (χ2n) is 14.4. The monoisotopic (exact) mass is 736 g/mol. The molecule has 2 aromatic carbocycles. The van der Waals surface area contributed by atoms with Gasteiger partial charge in [-0.3, -0.25) is 4.79 Å². The van der Waals surface area contributed by atoms with Gasteiger partial charge in [0, 0.05) is 38.3 Å². The number of aromatic amines is 2. The lowest BCUT2D eigenvalue weighted by Gasteiger charge is -2.33. The van der Waals surface area contributed by atoms with Crippen molar-refractivity contribution < 1.29 is 28.6 Å². The second-order valence-corrected chi connectivity index (χ2v) is 14.4. The largest absolute Gasteiger partial charge is 0.453 e. The summed E-state index contributed by atoms with van der Waals surface area (Å²) in [6.07, 6.45) is 6.76. The van der Waals surface area contributed by atoms with Crippen molar-refractivity contribution in [3.05, 3.63) is 72.1 Å². The number of imidazole rings is 2. The van der Waals surface area contributed by atoms with Gasteiger partial charge in [0.2, 0.25) is 5.91 Å². The van der Waals surface area contributed by atoms with Crippen molar-refractivity contribution in [1.82, 2.24) is 40.0 Å². The Kier molecular flexibility index (Phi) is 10.6. The van der Waals surface area contributed by atoms with Crippen LogP contribution in [0.4, 0.5) is 9.59 Å². The Morgan fingerprint density at radius 2 is 1.48 bits per heavy atom. The second kappa shape index (κ2) is 16.0. The lowest BCUT2D eigenvalue weighted by molar-refractivity contribution is -0.134. The number of likely N-dealkylation sites (tertiary alicyclic amines) is 1. The first kappa shape index (κ1) is 35.8. The van der Waals surface area contributed by atoms with Crippen LogP contribution in [0, 0.1) is 0 Å². The Morgan fingerprint density at radius 1 is 0.778 bits per heavy atom. The topological polar surface area (TPSA) is 158 Å². The van der Waals surface area contributed by atoms with Crippen molar-refractivity contribution in [3.63, 3.8) is 0 Å². The third-order valence-electron chi connectivity index (χ3n) is 11.1. The summed E-state index contributed by atoms with van der Waals surface area (Å²) in [6, 6.07) is 15.9. The standard InChI is InChI=1S/C40H48N8O6/c1-52-39(50)44-30-6-2-3-21-54-25-32-35(45-37(43-32)34-8-4-17-47(34)38(30)49)29-15-11-27(12-16-29)26-9-13-28(14-10-26)31-24-41-36(42-31)33-7-5-18-48(33)40(51)46-19-22-53-23-20-46/h9-16,24,30,33-34H,2-8,17-23,25H2,1H3,(H,41,42)(H,43,45)(H,44,50)/t30-,33-,34-/m0/s1. The maximum absolute atomic E-state index is 13.7. The van der Waals surface area contributed by atoms with E-state index >= 15 is 0 Å². The number of benzene rings is 2. The third kappa shape index (κ3) is 7.45. The van der Waals surface area contributed by atoms with Crippen LogP contribution in [-0.4, -0.2) is 112 Å². The van der Waals surface area contributed by atoms with E-state index in [1.54, 1.807) is 0 Å². The smallest absolute Gasteiger partial charge is 0.407 e. The molecule has 2 aromatic heterocycles. The van der Waals surface area contributed by atoms with Crippen LogP contribution in [0.15, 0.2) is 54.7 Å². The fourth-order valence-corrected chi connectivity index (χ4v) is 8.16. The quantitative estimate of drug-likeness (QED) is 0.232. The molecule has 54 heavy (non-hydrogen) atoms. The maximum Gasteiger partial charge on any atom is 0.407 e. The molecule has 3 fully saturated rings. The van der Waals surface area contributed by atoms with Gasteiger partial charge in [0.25, 0.3) is 0 Å². The number of nitrogens with zero attached hydrogens (tertiary/aromatic N) is 5. The van der Waals surface area contributed by atoms with Crippen LogP contribution in [0.2, 0.25) is 0 Å². The number of carbonyl (C=O) groups is 3. The van der Waals surface area contributed by atoms with Crippen LogP contribution in [-0.2, 0) is 25.6 Å². The van der Waals surface area contributed by atoms with E-state index in [1.807, 2.05) is 20.9 Å². The molecule has 0 saturated carbocycles. The minimum atomic E-state index is -0.660. The molecule has 0 aliphatic carbocycles. The molecule has 14 nitrogen and oxygen atoms in total. The first-order chi connectivity index (χ1) is 26.5. The molecule has 2 bridgehead atoms. The van der Waals surface area contributed by atoms with Crippen molar-refractivity contribution in [1.29, 1.82) is 0 Å². The van der Waals surface area contributed by atoms with Gasteiger partial charge in [0.05, 0.1) is 62.3 Å². The number of fused-ring (bicyclic) bond motifs is 4. The molecule has 8 rings (SSSR count). The van der Waals surface area contributed by atoms with Gasteiger partial charge < -0.3 is 44.2 Å². The van der Waals surface area contributed by atoms with Crippen LogP contribution >= 0.6 is 0 Å². The highest BCUT2D eigenvalue weighted by Crippen LogP contribution is 2.36. The van der Waals surface area contributed by atoms with Crippen LogP contribution in [0.3, 0.4) is 0 Å². The lowest BCUT2D eigenvalue weighted by Crippen LogP contribution is -2.48. The Morgan fingerprint density at radius 3 is 2.24 bits per heavy atom. The molecule has 4 amide bonds. The highest BCUT2D eigenvalue weighted by Gasteiger charge is 2.37. The number of nitrogens with one attached hydrogen (secondary N) is 3. The first-order valence-corrected chi connectivity index (χ1v) is 19.2. The van der Waals surface area contributed by atoms with E-state index in [2.05, 4.69) is 63.8 Å². The molecule has 6 heterocycles. The number of H-pyrrole nitrogens is 2. The van der Waals surface area contributed by atoms with Gasteiger partial charge in [0.1, 0.15) is 17.7 Å². The van der Waals surface area contributed by atoms with Crippen molar-refractivity contribution in [2.24, 2.45) is 0 Å². The molecule has 0 unspecified atom stereocenters. The summed E-state index contributed by atoms with van der Waals surface area (Å²) >= 11 is 0. The van der Waals surface area contributed by atoms with Gasteiger partial charge in [-0.2, -0.15) is 0 Å². The number of amides is 4. The molecule has 4 aliphatic heterocycles. The summed E-state index contributed by atoms with van der Waals surface area (Å²) in [4.78, 5) is 61.6. The summed E-state index contributed by atoms with van der Waals surface area (Å²) in [7, 11) is 1.31. The van der Waals surface area contributed by atoms with E-state index in [1.165, 1.54) is 7.11 Å². The number of alkyl carbamates (subject to hydrolysis) is 1. The Labute approximate surface area is 314 Å². The van der Waals surface area contributed by atoms with E-state index in [0.29, 0.717) is 52.5 Å². The molecule has 3 N–H and O–H groups in total. The molecule has 0 radical (unpaired) electrons. The lowest BCUT2D eigenvalue weighted by atomic mass is 10.0. The molecule has 3 saturated heterocycles. The van der Waals surface area contributed by atoms with Crippen molar-refractivity contribution in [2.75, 3.05) is 53.1 Å². The maximum atomic E-state index is 13.7. The van der Waals surface area contributed by atoms with Gasteiger partial charge >= 0.3 is 12.1 Å². The minimum Gasteiger partial charge on any atom is -0.453 e.